The van der Waals surface area contributed by atoms with Gasteiger partial charge in [-0.15, -0.1) is 0 Å². The first-order chi connectivity index (χ1) is 18.1. The molecule has 2 aliphatic rings. The maximum Gasteiger partial charge on any atom is 0.490 e. The minimum Gasteiger partial charge on any atom is -0.475 e. The predicted octanol–water partition coefficient (Wildman–Crippen LogP) is 3.76. The number of carboxylic acids is 2. The summed E-state index contributed by atoms with van der Waals surface area (Å²) in [6, 6.07) is 4.13. The van der Waals surface area contributed by atoms with Crippen molar-refractivity contribution in [2.45, 2.75) is 38.7 Å². The van der Waals surface area contributed by atoms with Crippen molar-refractivity contribution in [2.24, 2.45) is 5.41 Å². The van der Waals surface area contributed by atoms with E-state index in [1.165, 1.54) is 12.8 Å². The summed E-state index contributed by atoms with van der Waals surface area (Å²) >= 11 is 0. The second kappa shape index (κ2) is 13.6. The van der Waals surface area contributed by atoms with E-state index < -0.39 is 24.3 Å². The molecule has 1 atom stereocenters. The van der Waals surface area contributed by atoms with Crippen molar-refractivity contribution in [1.82, 2.24) is 14.9 Å². The van der Waals surface area contributed by atoms with Crippen molar-refractivity contribution >= 4 is 17.8 Å². The van der Waals surface area contributed by atoms with Gasteiger partial charge >= 0.3 is 24.3 Å². The van der Waals surface area contributed by atoms with Gasteiger partial charge in [0.15, 0.2) is 0 Å². The summed E-state index contributed by atoms with van der Waals surface area (Å²) in [6.45, 7) is 8.43. The standard InChI is InChI=1S/C19H26N4O2.2C2HF3O2/c1-16-3-4-17(25-16)12-22-8-2-5-19(13-22)14-23(9-10-24-15-19)18-11-20-6-7-21-18;2*3-2(4,5)1(6)7/h3-4,6-7,11H,2,5,8-10,12-15H2,1H3;2*(H,6,7). The molecule has 1 unspecified atom stereocenters. The monoisotopic (exact) mass is 570 g/mol. The van der Waals surface area contributed by atoms with Gasteiger partial charge in [-0.3, -0.25) is 9.88 Å². The first-order valence-electron chi connectivity index (χ1n) is 11.6. The molecular weight excluding hydrogens is 542 g/mol. The van der Waals surface area contributed by atoms with E-state index in [0.29, 0.717) is 0 Å². The number of furan rings is 1. The van der Waals surface area contributed by atoms with E-state index in [1.54, 1.807) is 12.4 Å². The van der Waals surface area contributed by atoms with Crippen LogP contribution < -0.4 is 4.90 Å². The maximum atomic E-state index is 10.6. The number of likely N-dealkylation sites (tertiary alicyclic amines) is 1. The van der Waals surface area contributed by atoms with Gasteiger partial charge in [0, 0.05) is 37.4 Å². The van der Waals surface area contributed by atoms with E-state index in [9.17, 15) is 26.3 Å². The first-order valence-corrected chi connectivity index (χ1v) is 11.6. The van der Waals surface area contributed by atoms with Crippen molar-refractivity contribution in [3.05, 3.63) is 42.2 Å². The van der Waals surface area contributed by atoms with E-state index in [0.717, 1.165) is 63.3 Å². The Morgan fingerprint density at radius 1 is 1.03 bits per heavy atom. The molecule has 2 aromatic heterocycles. The highest BCUT2D eigenvalue weighted by Gasteiger charge is 2.40. The summed E-state index contributed by atoms with van der Waals surface area (Å²) in [6.07, 6.45) is -2.44. The lowest BCUT2D eigenvalue weighted by Crippen LogP contribution is -2.50. The Balaban J connectivity index is 0.000000317. The van der Waals surface area contributed by atoms with Crippen LogP contribution in [0.25, 0.3) is 0 Å². The van der Waals surface area contributed by atoms with Crippen molar-refractivity contribution in [3.8, 4) is 0 Å². The van der Waals surface area contributed by atoms with Gasteiger partial charge in [0.1, 0.15) is 17.3 Å². The molecule has 10 nitrogen and oxygen atoms in total. The highest BCUT2D eigenvalue weighted by Crippen LogP contribution is 2.34. The van der Waals surface area contributed by atoms with Crippen LogP contribution in [-0.2, 0) is 20.9 Å². The predicted molar refractivity (Wildman–Crippen MR) is 123 cm³/mol. The number of aromatic nitrogens is 2. The molecule has 2 aromatic rings. The summed E-state index contributed by atoms with van der Waals surface area (Å²) in [5.41, 5.74) is 0.147. The molecule has 39 heavy (non-hydrogen) atoms. The molecule has 16 heteroatoms. The smallest absolute Gasteiger partial charge is 0.475 e. The molecule has 0 radical (unpaired) electrons. The van der Waals surface area contributed by atoms with Crippen LogP contribution in [0.2, 0.25) is 0 Å². The number of rotatable bonds is 3. The van der Waals surface area contributed by atoms with Crippen LogP contribution in [0.1, 0.15) is 24.4 Å². The van der Waals surface area contributed by atoms with Crippen LogP contribution in [0.5, 0.6) is 0 Å². The Kier molecular flexibility index (Phi) is 11.1. The normalized spacial score (nSPS) is 20.2. The van der Waals surface area contributed by atoms with Gasteiger partial charge in [-0.1, -0.05) is 0 Å². The molecule has 0 saturated carbocycles. The summed E-state index contributed by atoms with van der Waals surface area (Å²) in [5, 5.41) is 14.2. The van der Waals surface area contributed by atoms with Gasteiger partial charge < -0.3 is 24.3 Å². The first kappa shape index (κ1) is 31.8. The van der Waals surface area contributed by atoms with Crippen LogP contribution in [0.4, 0.5) is 32.2 Å². The van der Waals surface area contributed by atoms with Crippen LogP contribution in [0.3, 0.4) is 0 Å². The van der Waals surface area contributed by atoms with Crippen molar-refractivity contribution in [1.29, 1.82) is 0 Å². The molecule has 0 aromatic carbocycles. The highest BCUT2D eigenvalue weighted by molar-refractivity contribution is 5.73. The Morgan fingerprint density at radius 2 is 1.67 bits per heavy atom. The molecule has 2 N–H and O–H groups in total. The number of carbonyl (C=O) groups is 2. The number of aryl methyl sites for hydroxylation is 1. The molecule has 2 fully saturated rings. The van der Waals surface area contributed by atoms with Crippen LogP contribution in [-0.4, -0.2) is 88.8 Å². The lowest BCUT2D eigenvalue weighted by atomic mass is 9.80. The molecule has 1 spiro atoms. The lowest BCUT2D eigenvalue weighted by molar-refractivity contribution is -0.193. The number of carboxylic acid groups (broad SMARTS) is 2. The fourth-order valence-electron chi connectivity index (χ4n) is 4.13. The van der Waals surface area contributed by atoms with Crippen molar-refractivity contribution in [3.63, 3.8) is 0 Å². The fraction of sp³-hybridized carbons (Fsp3) is 0.565. The van der Waals surface area contributed by atoms with Crippen LogP contribution in [0, 0.1) is 12.3 Å². The SMILES string of the molecule is Cc1ccc(CN2CCCC3(COCCN(c4cnccn4)C3)C2)o1.O=C(O)C(F)(F)F.O=C(O)C(F)(F)F. The Hall–Kier alpha value is -3.40. The summed E-state index contributed by atoms with van der Waals surface area (Å²) < 4.78 is 75.2. The topological polar surface area (TPSA) is 129 Å². The van der Waals surface area contributed by atoms with Gasteiger partial charge in [0.05, 0.1) is 26.0 Å². The highest BCUT2D eigenvalue weighted by atomic mass is 19.4. The largest absolute Gasteiger partial charge is 0.490 e. The van der Waals surface area contributed by atoms with Crippen molar-refractivity contribution < 1.29 is 55.3 Å². The number of nitrogens with zero attached hydrogens (tertiary/aromatic N) is 4. The van der Waals surface area contributed by atoms with E-state index >= 15 is 0 Å². The number of alkyl halides is 6. The van der Waals surface area contributed by atoms with Crippen molar-refractivity contribution in [2.75, 3.05) is 44.3 Å². The summed E-state index contributed by atoms with van der Waals surface area (Å²) in [7, 11) is 0. The van der Waals surface area contributed by atoms with E-state index in [4.69, 9.17) is 29.0 Å². The van der Waals surface area contributed by atoms with Gasteiger partial charge in [0.2, 0.25) is 0 Å². The maximum absolute atomic E-state index is 10.6. The second-order valence-corrected chi connectivity index (χ2v) is 8.97. The second-order valence-electron chi connectivity index (χ2n) is 8.97. The average Bonchev–Trinajstić information content (AvgIpc) is 3.14. The molecular formula is C23H28F6N4O6. The zero-order chi connectivity index (χ0) is 29.3. The average molecular weight is 570 g/mol. The third kappa shape index (κ3) is 10.7. The minimum absolute atomic E-state index is 0.147. The summed E-state index contributed by atoms with van der Waals surface area (Å²) in [5.74, 6) is -2.53. The molecule has 0 aliphatic carbocycles. The van der Waals surface area contributed by atoms with Gasteiger partial charge in [-0.05, 0) is 38.4 Å². The van der Waals surface area contributed by atoms with Crippen LogP contribution >= 0.6 is 0 Å². The molecule has 2 saturated heterocycles. The minimum atomic E-state index is -5.08. The van der Waals surface area contributed by atoms with E-state index in [-0.39, 0.29) is 5.41 Å². The quantitative estimate of drug-likeness (QED) is 0.527. The number of piperidine rings is 1. The number of ether oxygens (including phenoxy) is 1. The lowest BCUT2D eigenvalue weighted by Gasteiger charge is -2.43. The molecule has 0 amide bonds. The third-order valence-electron chi connectivity index (χ3n) is 5.71. The van der Waals surface area contributed by atoms with Crippen LogP contribution in [0.15, 0.2) is 35.1 Å². The number of halogens is 6. The Morgan fingerprint density at radius 3 is 2.18 bits per heavy atom. The van der Waals surface area contributed by atoms with Gasteiger partial charge in [-0.2, -0.15) is 26.3 Å². The molecule has 2 aliphatic heterocycles. The van der Waals surface area contributed by atoms with Gasteiger partial charge in [0.25, 0.3) is 0 Å². The zero-order valence-corrected chi connectivity index (χ0v) is 20.8. The number of aliphatic carboxylic acids is 2. The number of hydrogen-bond acceptors (Lipinski definition) is 8. The Bertz CT molecular complexity index is 1040. The molecule has 218 valence electrons. The zero-order valence-electron chi connectivity index (χ0n) is 20.8. The van der Waals surface area contributed by atoms with E-state index in [2.05, 4.69) is 25.8 Å². The number of anilines is 1. The fourth-order valence-corrected chi connectivity index (χ4v) is 4.13. The molecule has 0 bridgehead atoms. The Labute approximate surface area is 219 Å². The molecule has 4 heterocycles. The van der Waals surface area contributed by atoms with E-state index in [1.807, 2.05) is 19.2 Å². The molecule has 4 rings (SSSR count). The number of hydrogen-bond donors (Lipinski definition) is 2. The van der Waals surface area contributed by atoms with Gasteiger partial charge in [-0.25, -0.2) is 14.6 Å². The third-order valence-corrected chi connectivity index (χ3v) is 5.71. The summed E-state index contributed by atoms with van der Waals surface area (Å²) in [4.78, 5) is 31.4.